The van der Waals surface area contributed by atoms with Gasteiger partial charge in [0.25, 0.3) is 0 Å². The Kier molecular flexibility index (Phi) is 4.55. The number of urea groups is 1. The molecule has 0 aliphatic carbocycles. The average Bonchev–Trinajstić information content (AvgIpc) is 3.15. The smallest absolute Gasteiger partial charge is 0.317 e. The second-order valence-corrected chi connectivity index (χ2v) is 6.89. The summed E-state index contributed by atoms with van der Waals surface area (Å²) in [5, 5.41) is 3.14. The van der Waals surface area contributed by atoms with Gasteiger partial charge in [-0.2, -0.15) is 0 Å². The van der Waals surface area contributed by atoms with Crippen LogP contribution in [0.5, 0.6) is 0 Å². The molecule has 130 valence electrons. The van der Waals surface area contributed by atoms with Crippen molar-refractivity contribution in [3.05, 3.63) is 60.2 Å². The highest BCUT2D eigenvalue weighted by Gasteiger charge is 2.22. The van der Waals surface area contributed by atoms with Crippen molar-refractivity contribution in [2.24, 2.45) is 5.92 Å². The normalized spacial score (nSPS) is 19.9. The van der Waals surface area contributed by atoms with Crippen molar-refractivity contribution in [3.63, 3.8) is 0 Å². The molecule has 2 amide bonds. The summed E-state index contributed by atoms with van der Waals surface area (Å²) in [5.41, 5.74) is 2.45. The van der Waals surface area contributed by atoms with E-state index in [9.17, 15) is 4.79 Å². The van der Waals surface area contributed by atoms with E-state index in [0.717, 1.165) is 44.7 Å². The second-order valence-electron chi connectivity index (χ2n) is 6.89. The van der Waals surface area contributed by atoms with E-state index in [1.54, 1.807) is 0 Å². The molecule has 0 unspecified atom stereocenters. The van der Waals surface area contributed by atoms with Gasteiger partial charge in [-0.05, 0) is 29.9 Å². The van der Waals surface area contributed by atoms with Crippen LogP contribution in [-0.4, -0.2) is 40.1 Å². The number of aromatic nitrogens is 2. The lowest BCUT2D eigenvalue weighted by atomic mass is 9.99. The minimum Gasteiger partial charge on any atom is -0.338 e. The van der Waals surface area contributed by atoms with Crippen molar-refractivity contribution < 1.29 is 4.79 Å². The van der Waals surface area contributed by atoms with Crippen LogP contribution in [0, 0.1) is 5.92 Å². The van der Waals surface area contributed by atoms with Crippen molar-refractivity contribution in [1.29, 1.82) is 0 Å². The molecule has 1 aromatic heterocycles. The maximum Gasteiger partial charge on any atom is 0.317 e. The molecule has 2 aromatic rings. The fourth-order valence-corrected chi connectivity index (χ4v) is 3.73. The first-order valence-electron chi connectivity index (χ1n) is 9.07. The third-order valence-electron chi connectivity index (χ3n) is 5.16. The zero-order valence-electron chi connectivity index (χ0n) is 14.4. The summed E-state index contributed by atoms with van der Waals surface area (Å²) in [6.45, 7) is 3.16. The van der Waals surface area contributed by atoms with Crippen LogP contribution in [0.4, 0.5) is 4.79 Å². The maximum absolute atomic E-state index is 12.6. The van der Waals surface area contributed by atoms with Crippen molar-refractivity contribution in [2.45, 2.75) is 25.8 Å². The van der Waals surface area contributed by atoms with Crippen LogP contribution in [-0.2, 0) is 13.0 Å². The van der Waals surface area contributed by atoms with Crippen LogP contribution >= 0.6 is 0 Å². The molecule has 2 aliphatic rings. The van der Waals surface area contributed by atoms with Gasteiger partial charge in [-0.25, -0.2) is 9.78 Å². The summed E-state index contributed by atoms with van der Waals surface area (Å²) >= 11 is 0. The van der Waals surface area contributed by atoms with Crippen LogP contribution in [0.2, 0.25) is 0 Å². The Hall–Kier alpha value is -2.56. The third kappa shape index (κ3) is 3.60. The van der Waals surface area contributed by atoms with E-state index in [1.165, 1.54) is 11.1 Å². The maximum atomic E-state index is 12.6. The van der Waals surface area contributed by atoms with E-state index in [2.05, 4.69) is 33.1 Å². The predicted octanol–water partition coefficient (Wildman–Crippen LogP) is 2.94. The molecule has 1 aromatic carbocycles. The van der Waals surface area contributed by atoms with E-state index >= 15 is 0 Å². The Morgan fingerprint density at radius 3 is 3.04 bits per heavy atom. The molecule has 2 aliphatic heterocycles. The molecule has 4 rings (SSSR count). The monoisotopic (exact) mass is 336 g/mol. The third-order valence-corrected chi connectivity index (χ3v) is 5.16. The van der Waals surface area contributed by atoms with Crippen LogP contribution < -0.4 is 5.32 Å². The molecule has 25 heavy (non-hydrogen) atoms. The average molecular weight is 336 g/mol. The van der Waals surface area contributed by atoms with E-state index in [4.69, 9.17) is 0 Å². The summed E-state index contributed by atoms with van der Waals surface area (Å²) in [6.07, 6.45) is 9.15. The van der Waals surface area contributed by atoms with Crippen molar-refractivity contribution >= 4 is 11.6 Å². The number of carbonyl (C=O) groups is 1. The molecule has 1 N–H and O–H groups in total. The lowest BCUT2D eigenvalue weighted by molar-refractivity contribution is 0.199. The van der Waals surface area contributed by atoms with Crippen molar-refractivity contribution in [1.82, 2.24) is 19.8 Å². The summed E-state index contributed by atoms with van der Waals surface area (Å²) in [5.74, 6) is 1.65. The predicted molar refractivity (Wildman–Crippen MR) is 98.0 cm³/mol. The quantitative estimate of drug-likeness (QED) is 0.937. The molecule has 0 bridgehead atoms. The van der Waals surface area contributed by atoms with Gasteiger partial charge in [0.15, 0.2) is 0 Å². The first kappa shape index (κ1) is 15.9. The van der Waals surface area contributed by atoms with Gasteiger partial charge in [-0.1, -0.05) is 36.4 Å². The van der Waals surface area contributed by atoms with Crippen LogP contribution in [0.15, 0.2) is 48.8 Å². The van der Waals surface area contributed by atoms with E-state index in [0.29, 0.717) is 12.5 Å². The highest BCUT2D eigenvalue weighted by Crippen LogP contribution is 2.21. The zero-order valence-corrected chi connectivity index (χ0v) is 14.4. The molecule has 5 nitrogen and oxygen atoms in total. The number of hydrogen-bond donors (Lipinski definition) is 1. The Balaban J connectivity index is 1.31. The van der Waals surface area contributed by atoms with Crippen LogP contribution in [0.1, 0.15) is 24.2 Å². The van der Waals surface area contributed by atoms with Gasteiger partial charge in [0, 0.05) is 45.0 Å². The van der Waals surface area contributed by atoms with Gasteiger partial charge in [0.2, 0.25) is 0 Å². The van der Waals surface area contributed by atoms with Gasteiger partial charge < -0.3 is 14.8 Å². The fraction of sp³-hybridized carbons (Fsp3) is 0.400. The largest absolute Gasteiger partial charge is 0.338 e. The SMILES string of the molecule is O=C(NC[C@H]1CCc2nccn2C1)N1CCC=C(c2ccccc2)C1. The first-order chi connectivity index (χ1) is 12.3. The molecular weight excluding hydrogens is 312 g/mol. The zero-order chi connectivity index (χ0) is 17.1. The van der Waals surface area contributed by atoms with Crippen LogP contribution in [0.25, 0.3) is 5.57 Å². The topological polar surface area (TPSA) is 50.2 Å². The number of rotatable bonds is 3. The molecule has 0 fully saturated rings. The van der Waals surface area contributed by atoms with E-state index in [-0.39, 0.29) is 6.03 Å². The lowest BCUT2D eigenvalue weighted by Gasteiger charge is -2.29. The Morgan fingerprint density at radius 2 is 2.16 bits per heavy atom. The summed E-state index contributed by atoms with van der Waals surface area (Å²) < 4.78 is 2.21. The molecule has 3 heterocycles. The molecule has 0 radical (unpaired) electrons. The number of carbonyl (C=O) groups excluding carboxylic acids is 1. The number of aryl methyl sites for hydroxylation is 1. The molecular formula is C20H24N4O. The Labute approximate surface area is 148 Å². The van der Waals surface area contributed by atoms with E-state index < -0.39 is 0 Å². The highest BCUT2D eigenvalue weighted by atomic mass is 16.2. The molecule has 0 saturated carbocycles. The fourth-order valence-electron chi connectivity index (χ4n) is 3.73. The van der Waals surface area contributed by atoms with Gasteiger partial charge in [-0.3, -0.25) is 0 Å². The van der Waals surface area contributed by atoms with Gasteiger partial charge in [0.1, 0.15) is 5.82 Å². The number of benzene rings is 1. The van der Waals surface area contributed by atoms with Gasteiger partial charge in [0.05, 0.1) is 0 Å². The minimum absolute atomic E-state index is 0.0537. The Bertz CT molecular complexity index is 765. The number of hydrogen-bond acceptors (Lipinski definition) is 2. The molecule has 1 atom stereocenters. The molecule has 5 heteroatoms. The van der Waals surface area contributed by atoms with E-state index in [1.807, 2.05) is 35.5 Å². The lowest BCUT2D eigenvalue weighted by Crippen LogP contribution is -2.44. The summed E-state index contributed by atoms with van der Waals surface area (Å²) in [7, 11) is 0. The number of fused-ring (bicyclic) bond motifs is 1. The van der Waals surface area contributed by atoms with Gasteiger partial charge in [-0.15, -0.1) is 0 Å². The van der Waals surface area contributed by atoms with Crippen LogP contribution in [0.3, 0.4) is 0 Å². The number of nitrogens with zero attached hydrogens (tertiary/aromatic N) is 3. The van der Waals surface area contributed by atoms with Crippen molar-refractivity contribution in [2.75, 3.05) is 19.6 Å². The number of imidazole rings is 1. The summed E-state index contributed by atoms with van der Waals surface area (Å²) in [4.78, 5) is 18.9. The molecule has 0 spiro atoms. The standard InChI is InChI=1S/C20H24N4O/c25-20(22-13-16-8-9-19-21-10-12-23(19)14-16)24-11-4-7-18(15-24)17-5-2-1-3-6-17/h1-3,5-7,10,12,16H,4,8-9,11,13-15H2,(H,22,25)/t16-/m1/s1. The van der Waals surface area contributed by atoms with Gasteiger partial charge >= 0.3 is 6.03 Å². The second kappa shape index (κ2) is 7.13. The number of nitrogens with one attached hydrogen (secondary N) is 1. The summed E-state index contributed by atoms with van der Waals surface area (Å²) in [6, 6.07) is 10.4. The number of amides is 2. The Morgan fingerprint density at radius 1 is 1.28 bits per heavy atom. The minimum atomic E-state index is 0.0537. The first-order valence-corrected chi connectivity index (χ1v) is 9.07. The van der Waals surface area contributed by atoms with Crippen molar-refractivity contribution in [3.8, 4) is 0 Å². The molecule has 0 saturated heterocycles. The highest BCUT2D eigenvalue weighted by molar-refractivity contribution is 5.78.